The number of allylic oxidation sites excluding steroid dienone is 4. The zero-order chi connectivity index (χ0) is 23.6. The lowest BCUT2D eigenvalue weighted by Crippen LogP contribution is -2.50. The Kier molecular flexibility index (Phi) is 9.48. The summed E-state index contributed by atoms with van der Waals surface area (Å²) in [5.74, 6) is 0.0518. The maximum atomic E-state index is 8.84. The maximum Gasteiger partial charge on any atom is 0.129 e. The quantitative estimate of drug-likeness (QED) is 0.187. The van der Waals surface area contributed by atoms with Gasteiger partial charge in [0.25, 0.3) is 0 Å². The van der Waals surface area contributed by atoms with Crippen LogP contribution in [0.4, 0.5) is 0 Å². The van der Waals surface area contributed by atoms with Crippen LogP contribution < -0.4 is 37.6 Å². The first-order chi connectivity index (χ1) is 15.9. The van der Waals surface area contributed by atoms with E-state index in [1.807, 2.05) is 37.5 Å². The summed E-state index contributed by atoms with van der Waals surface area (Å²) in [6.07, 6.45) is 11.8. The highest BCUT2D eigenvalue weighted by Gasteiger charge is 2.20. The highest BCUT2D eigenvalue weighted by Crippen LogP contribution is 2.31. The number of benzene rings is 1. The molecule has 4 unspecified atom stereocenters. The van der Waals surface area contributed by atoms with Crippen LogP contribution in [0.2, 0.25) is 10.0 Å². The molecule has 10 heteroatoms. The molecule has 176 valence electrons. The van der Waals surface area contributed by atoms with Crippen molar-refractivity contribution < 1.29 is 0 Å². The molecule has 0 saturated carbocycles. The van der Waals surface area contributed by atoms with Gasteiger partial charge in [0.1, 0.15) is 12.4 Å². The first-order valence-corrected chi connectivity index (χ1v) is 11.5. The molecule has 2 aliphatic heterocycles. The number of nitrogens with two attached hydrogens (primary N) is 1. The van der Waals surface area contributed by atoms with E-state index in [4.69, 9.17) is 34.2 Å². The average Bonchev–Trinajstić information content (AvgIpc) is 3.21. The molecular weight excluding hydrogens is 459 g/mol. The maximum absolute atomic E-state index is 8.84. The number of halogens is 2. The molecule has 0 saturated heterocycles. The molecule has 8 N–H and O–H groups in total. The number of dihydropyridines is 1. The van der Waals surface area contributed by atoms with Crippen LogP contribution in [-0.2, 0) is 0 Å². The summed E-state index contributed by atoms with van der Waals surface area (Å²) < 4.78 is 0. The smallest absolute Gasteiger partial charge is 0.129 e. The molecule has 33 heavy (non-hydrogen) atoms. The molecule has 3 rings (SSSR count). The zero-order valence-electron chi connectivity index (χ0n) is 18.4. The van der Waals surface area contributed by atoms with Crippen LogP contribution in [-0.4, -0.2) is 31.7 Å². The van der Waals surface area contributed by atoms with Crippen molar-refractivity contribution >= 4 is 23.2 Å². The van der Waals surface area contributed by atoms with E-state index >= 15 is 0 Å². The van der Waals surface area contributed by atoms with Gasteiger partial charge >= 0.3 is 0 Å². The van der Waals surface area contributed by atoms with Gasteiger partial charge in [-0.1, -0.05) is 35.3 Å². The molecule has 1 aromatic carbocycles. The van der Waals surface area contributed by atoms with Crippen molar-refractivity contribution in [2.45, 2.75) is 37.9 Å². The first kappa shape index (κ1) is 25.0. The van der Waals surface area contributed by atoms with Crippen molar-refractivity contribution in [3.05, 3.63) is 81.9 Å². The highest BCUT2D eigenvalue weighted by atomic mass is 35.5. The molecular formula is C23H30Cl2N8. The van der Waals surface area contributed by atoms with Gasteiger partial charge in [-0.25, -0.2) is 0 Å². The Morgan fingerprint density at radius 1 is 1.24 bits per heavy atom. The minimum Gasteiger partial charge on any atom is -0.371 e. The van der Waals surface area contributed by atoms with Crippen LogP contribution in [0.15, 0.2) is 66.3 Å². The predicted octanol–water partition coefficient (Wildman–Crippen LogP) is 2.27. The lowest BCUT2D eigenvalue weighted by molar-refractivity contribution is 0.456. The lowest BCUT2D eigenvalue weighted by Gasteiger charge is -2.22. The van der Waals surface area contributed by atoms with E-state index in [2.05, 4.69) is 44.0 Å². The summed E-state index contributed by atoms with van der Waals surface area (Å²) in [5, 5.41) is 29.6. The van der Waals surface area contributed by atoms with Gasteiger partial charge in [0.15, 0.2) is 0 Å². The van der Waals surface area contributed by atoms with E-state index in [1.54, 1.807) is 18.3 Å². The molecule has 0 fully saturated rings. The Hall–Kier alpha value is -2.67. The zero-order valence-corrected chi connectivity index (χ0v) is 19.9. The Labute approximate surface area is 205 Å². The molecule has 8 nitrogen and oxygen atoms in total. The van der Waals surface area contributed by atoms with E-state index in [1.165, 1.54) is 0 Å². The number of nitrogens with zero attached hydrogens (tertiary/aromatic N) is 1. The second-order valence-electron chi connectivity index (χ2n) is 7.83. The van der Waals surface area contributed by atoms with E-state index in [-0.39, 0.29) is 18.2 Å². The fraction of sp³-hybridized carbons (Fsp3) is 0.348. The number of rotatable bonds is 11. The van der Waals surface area contributed by atoms with E-state index in [0.29, 0.717) is 28.7 Å². The summed E-state index contributed by atoms with van der Waals surface area (Å²) in [5.41, 5.74) is 8.84. The fourth-order valence-corrected chi connectivity index (χ4v) is 4.09. The van der Waals surface area contributed by atoms with Crippen LogP contribution in [0.3, 0.4) is 0 Å². The van der Waals surface area contributed by atoms with Gasteiger partial charge in [-0.05, 0) is 49.4 Å². The van der Waals surface area contributed by atoms with E-state index in [0.717, 1.165) is 17.7 Å². The Morgan fingerprint density at radius 2 is 2.09 bits per heavy atom. The van der Waals surface area contributed by atoms with Crippen LogP contribution in [0, 0.1) is 11.3 Å². The van der Waals surface area contributed by atoms with Crippen LogP contribution in [0.25, 0.3) is 0 Å². The number of nitrogens with one attached hydrogen (secondary N) is 6. The molecule has 2 heterocycles. The van der Waals surface area contributed by atoms with Crippen LogP contribution >= 0.6 is 23.2 Å². The number of hydrogen-bond donors (Lipinski definition) is 7. The second-order valence-corrected chi connectivity index (χ2v) is 8.67. The van der Waals surface area contributed by atoms with Gasteiger partial charge in [0, 0.05) is 47.1 Å². The van der Waals surface area contributed by atoms with Crippen molar-refractivity contribution in [3.63, 3.8) is 0 Å². The summed E-state index contributed by atoms with van der Waals surface area (Å²) in [7, 11) is 0. The predicted molar refractivity (Wildman–Crippen MR) is 134 cm³/mol. The number of nitriles is 1. The second kappa shape index (κ2) is 12.5. The van der Waals surface area contributed by atoms with Gasteiger partial charge in [0.2, 0.25) is 0 Å². The summed E-state index contributed by atoms with van der Waals surface area (Å²) >= 11 is 12.6. The molecule has 0 spiro atoms. The topological polar surface area (TPSA) is 122 Å². The number of hydrogen-bond acceptors (Lipinski definition) is 8. The Morgan fingerprint density at radius 3 is 2.76 bits per heavy atom. The van der Waals surface area contributed by atoms with Gasteiger partial charge in [0.05, 0.1) is 17.9 Å². The largest absolute Gasteiger partial charge is 0.371 e. The minimum atomic E-state index is -0.407. The molecule has 0 amide bonds. The van der Waals surface area contributed by atoms with Crippen molar-refractivity contribution in [1.82, 2.24) is 31.9 Å². The van der Waals surface area contributed by atoms with Gasteiger partial charge in [-0.2, -0.15) is 5.26 Å². The molecule has 2 aliphatic rings. The first-order valence-electron chi connectivity index (χ1n) is 10.8. The average molecular weight is 489 g/mol. The van der Waals surface area contributed by atoms with Crippen molar-refractivity contribution in [2.24, 2.45) is 5.73 Å². The minimum absolute atomic E-state index is 0.00575. The molecule has 4 atom stereocenters. The fourth-order valence-electron chi connectivity index (χ4n) is 3.55. The summed E-state index contributed by atoms with van der Waals surface area (Å²) in [4.78, 5) is 0. The van der Waals surface area contributed by atoms with Crippen molar-refractivity contribution in [3.8, 4) is 6.07 Å². The normalized spacial score (nSPS) is 21.3. The SMILES string of the molecule is CC1=CNC(CC(/C=C\NC(N)NCCNC2C=CC(C#N)=CN2)c2ccc(Cl)cc2Cl)N1. The molecule has 1 aromatic rings. The molecule has 0 aromatic heterocycles. The van der Waals surface area contributed by atoms with Gasteiger partial charge in [-0.15, -0.1) is 0 Å². The molecule has 0 bridgehead atoms. The summed E-state index contributed by atoms with van der Waals surface area (Å²) in [6.45, 7) is 3.39. The Bertz CT molecular complexity index is 966. The standard InChI is InChI=1S/C23H30Cl2N8/c1-15-13-31-22(33-15)10-17(19-4-3-18(24)11-20(19)25)6-7-29-23(27)30-9-8-28-21-5-2-16(12-26)14-32-21/h2-7,11,13-14,17,21-23,28-33H,8-10,27H2,1H3/b7-6-. The van der Waals surface area contributed by atoms with Crippen molar-refractivity contribution in [1.29, 1.82) is 5.26 Å². The van der Waals surface area contributed by atoms with Crippen LogP contribution in [0.1, 0.15) is 24.8 Å². The molecule has 0 radical (unpaired) electrons. The molecule has 0 aliphatic carbocycles. The third-order valence-electron chi connectivity index (χ3n) is 5.23. The van der Waals surface area contributed by atoms with Gasteiger partial charge < -0.3 is 21.3 Å². The highest BCUT2D eigenvalue weighted by molar-refractivity contribution is 6.35. The third-order valence-corrected chi connectivity index (χ3v) is 5.79. The lowest BCUT2D eigenvalue weighted by atomic mass is 9.94. The van der Waals surface area contributed by atoms with E-state index < -0.39 is 6.29 Å². The Balaban J connectivity index is 1.45. The van der Waals surface area contributed by atoms with Gasteiger partial charge in [-0.3, -0.25) is 16.4 Å². The monoisotopic (exact) mass is 488 g/mol. The summed E-state index contributed by atoms with van der Waals surface area (Å²) in [6, 6.07) is 7.66. The van der Waals surface area contributed by atoms with Crippen molar-refractivity contribution in [2.75, 3.05) is 13.1 Å². The van der Waals surface area contributed by atoms with Crippen LogP contribution in [0.5, 0.6) is 0 Å². The van der Waals surface area contributed by atoms with E-state index in [9.17, 15) is 0 Å². The third kappa shape index (κ3) is 8.00.